The minimum atomic E-state index is -1.02. The van der Waals surface area contributed by atoms with Gasteiger partial charge in [0.15, 0.2) is 0 Å². The van der Waals surface area contributed by atoms with Crippen LogP contribution in [0, 0.1) is 5.92 Å². The van der Waals surface area contributed by atoms with E-state index in [2.05, 4.69) is 10.6 Å². The van der Waals surface area contributed by atoms with Crippen molar-refractivity contribution in [2.24, 2.45) is 11.7 Å². The van der Waals surface area contributed by atoms with Gasteiger partial charge in [0.05, 0.1) is 5.69 Å². The number of ether oxygens (including phenoxy) is 1. The van der Waals surface area contributed by atoms with E-state index in [1.807, 2.05) is 0 Å². The van der Waals surface area contributed by atoms with Crippen molar-refractivity contribution >= 4 is 23.4 Å². The molecule has 1 unspecified atom stereocenters. The van der Waals surface area contributed by atoms with Crippen LogP contribution in [-0.2, 0) is 14.4 Å². The Labute approximate surface area is 121 Å². The first-order valence-corrected chi connectivity index (χ1v) is 6.56. The van der Waals surface area contributed by atoms with Gasteiger partial charge in [-0.15, -0.1) is 0 Å². The maximum Gasteiger partial charge on any atom is 0.250 e. The van der Waals surface area contributed by atoms with Crippen molar-refractivity contribution in [1.29, 1.82) is 0 Å². The van der Waals surface area contributed by atoms with Gasteiger partial charge in [-0.25, -0.2) is 0 Å². The average Bonchev–Trinajstić information content (AvgIpc) is 2.55. The fourth-order valence-corrected chi connectivity index (χ4v) is 1.96. The third-order valence-corrected chi connectivity index (χ3v) is 3.33. The van der Waals surface area contributed by atoms with Crippen molar-refractivity contribution in [2.75, 3.05) is 5.32 Å². The van der Waals surface area contributed by atoms with Crippen molar-refractivity contribution in [3.8, 4) is 5.75 Å². The molecule has 1 heterocycles. The summed E-state index contributed by atoms with van der Waals surface area (Å²) in [5.74, 6) is -2.26. The van der Waals surface area contributed by atoms with Gasteiger partial charge < -0.3 is 21.1 Å². The van der Waals surface area contributed by atoms with Crippen LogP contribution in [0.1, 0.15) is 13.8 Å². The lowest BCUT2D eigenvalue weighted by atomic mass is 10.1. The van der Waals surface area contributed by atoms with Crippen LogP contribution in [0.5, 0.6) is 5.75 Å². The minimum absolute atomic E-state index is 0.405. The van der Waals surface area contributed by atoms with E-state index in [1.165, 1.54) is 6.92 Å². The number of rotatable bonds is 3. The lowest BCUT2D eigenvalue weighted by Crippen LogP contribution is -2.53. The maximum absolute atomic E-state index is 12.2. The summed E-state index contributed by atoms with van der Waals surface area (Å²) in [6.45, 7) is 3.05. The molecule has 7 nitrogen and oxygen atoms in total. The maximum atomic E-state index is 12.2. The molecule has 1 aromatic rings. The average molecular weight is 291 g/mol. The van der Waals surface area contributed by atoms with Gasteiger partial charge in [-0.2, -0.15) is 0 Å². The molecule has 0 aromatic heterocycles. The van der Waals surface area contributed by atoms with Gasteiger partial charge >= 0.3 is 0 Å². The monoisotopic (exact) mass is 291 g/mol. The summed E-state index contributed by atoms with van der Waals surface area (Å²) in [4.78, 5) is 35.1. The zero-order valence-corrected chi connectivity index (χ0v) is 11.8. The van der Waals surface area contributed by atoms with Crippen LogP contribution in [0.15, 0.2) is 24.3 Å². The van der Waals surface area contributed by atoms with Crippen LogP contribution in [-0.4, -0.2) is 29.9 Å². The molecule has 3 amide bonds. The van der Waals surface area contributed by atoms with E-state index in [0.717, 1.165) is 0 Å². The number of amides is 3. The number of anilines is 1. The van der Waals surface area contributed by atoms with Gasteiger partial charge in [-0.05, 0) is 26.0 Å². The predicted octanol–water partition coefficient (Wildman–Crippen LogP) is 0.0122. The molecule has 2 rings (SSSR count). The van der Waals surface area contributed by atoms with E-state index in [1.54, 1.807) is 31.2 Å². The molecule has 0 saturated carbocycles. The smallest absolute Gasteiger partial charge is 0.250 e. The molecule has 0 aliphatic carbocycles. The first-order valence-electron chi connectivity index (χ1n) is 6.56. The van der Waals surface area contributed by atoms with Crippen molar-refractivity contribution in [3.63, 3.8) is 0 Å². The number of carbonyl (C=O) groups is 3. The van der Waals surface area contributed by atoms with Gasteiger partial charge in [-0.1, -0.05) is 12.1 Å². The molecule has 0 fully saturated rings. The molecule has 112 valence electrons. The molecule has 21 heavy (non-hydrogen) atoms. The van der Waals surface area contributed by atoms with Gasteiger partial charge in [0.2, 0.25) is 11.8 Å². The van der Waals surface area contributed by atoms with Gasteiger partial charge in [0.25, 0.3) is 5.91 Å². The molecule has 0 saturated heterocycles. The highest BCUT2D eigenvalue weighted by molar-refractivity contribution is 6.03. The van der Waals surface area contributed by atoms with Crippen LogP contribution in [0.2, 0.25) is 0 Å². The Morgan fingerprint density at radius 1 is 1.38 bits per heavy atom. The number of nitrogens with two attached hydrogens (primary N) is 1. The number of fused-ring (bicyclic) bond motifs is 1. The Hall–Kier alpha value is -2.57. The molecular formula is C14H17N3O4. The Morgan fingerprint density at radius 2 is 2.05 bits per heavy atom. The molecule has 0 spiro atoms. The van der Waals surface area contributed by atoms with Crippen LogP contribution in [0.25, 0.3) is 0 Å². The SMILES string of the molecule is CC(C(N)=O)C(=O)N[C@@H]1C(=O)Nc2ccccc2O[C@@H]1C. The van der Waals surface area contributed by atoms with E-state index in [4.69, 9.17) is 10.5 Å². The number of benzene rings is 1. The molecule has 1 aromatic carbocycles. The van der Waals surface area contributed by atoms with E-state index in [9.17, 15) is 14.4 Å². The Balaban J connectivity index is 2.17. The molecule has 3 atom stereocenters. The second kappa shape index (κ2) is 5.82. The molecule has 0 radical (unpaired) electrons. The second-order valence-electron chi connectivity index (χ2n) is 4.92. The van der Waals surface area contributed by atoms with E-state index in [0.29, 0.717) is 11.4 Å². The molecular weight excluding hydrogens is 274 g/mol. The molecule has 4 N–H and O–H groups in total. The van der Waals surface area contributed by atoms with E-state index >= 15 is 0 Å². The van der Waals surface area contributed by atoms with Crippen LogP contribution < -0.4 is 21.1 Å². The van der Waals surface area contributed by atoms with Crippen molar-refractivity contribution in [2.45, 2.75) is 26.0 Å². The van der Waals surface area contributed by atoms with E-state index < -0.39 is 35.8 Å². The molecule has 7 heteroatoms. The number of primary amides is 1. The number of para-hydroxylation sites is 2. The largest absolute Gasteiger partial charge is 0.486 e. The second-order valence-corrected chi connectivity index (χ2v) is 4.92. The lowest BCUT2D eigenvalue weighted by Gasteiger charge is -2.22. The summed E-state index contributed by atoms with van der Waals surface area (Å²) in [5.41, 5.74) is 5.62. The number of hydrogen-bond donors (Lipinski definition) is 3. The zero-order chi connectivity index (χ0) is 15.6. The van der Waals surface area contributed by atoms with Crippen LogP contribution in [0.3, 0.4) is 0 Å². The van der Waals surface area contributed by atoms with Gasteiger partial charge in [0, 0.05) is 0 Å². The Morgan fingerprint density at radius 3 is 2.71 bits per heavy atom. The van der Waals surface area contributed by atoms with E-state index in [-0.39, 0.29) is 0 Å². The van der Waals surface area contributed by atoms with Crippen molar-refractivity contribution < 1.29 is 19.1 Å². The number of carbonyl (C=O) groups excluding carboxylic acids is 3. The summed E-state index contributed by atoms with van der Waals surface area (Å²) >= 11 is 0. The summed E-state index contributed by atoms with van der Waals surface area (Å²) in [7, 11) is 0. The Bertz CT molecular complexity index is 587. The Kier molecular flexibility index (Phi) is 4.11. The van der Waals surface area contributed by atoms with Crippen LogP contribution >= 0.6 is 0 Å². The third kappa shape index (κ3) is 3.13. The fraction of sp³-hybridized carbons (Fsp3) is 0.357. The summed E-state index contributed by atoms with van der Waals surface area (Å²) in [6, 6.07) is 6.07. The summed E-state index contributed by atoms with van der Waals surface area (Å²) in [6.07, 6.45) is -0.585. The summed E-state index contributed by atoms with van der Waals surface area (Å²) in [5, 5.41) is 5.18. The quantitative estimate of drug-likeness (QED) is 0.681. The topological polar surface area (TPSA) is 111 Å². The predicted molar refractivity (Wildman–Crippen MR) is 75.5 cm³/mol. The first kappa shape index (κ1) is 14.8. The van der Waals surface area contributed by atoms with Crippen molar-refractivity contribution in [1.82, 2.24) is 5.32 Å². The molecule has 1 aliphatic heterocycles. The standard InChI is InChI=1S/C14H17N3O4/c1-7(12(15)18)13(19)17-11-8(2)21-10-6-4-3-5-9(10)16-14(11)20/h3-8,11H,1-2H3,(H2,15,18)(H,16,20)(H,17,19)/t7?,8-,11+/m1/s1. The molecule has 1 aliphatic rings. The zero-order valence-electron chi connectivity index (χ0n) is 11.8. The highest BCUT2D eigenvalue weighted by Gasteiger charge is 2.34. The number of nitrogens with one attached hydrogen (secondary N) is 2. The third-order valence-electron chi connectivity index (χ3n) is 3.33. The minimum Gasteiger partial charge on any atom is -0.486 e. The van der Waals surface area contributed by atoms with Gasteiger partial charge in [-0.3, -0.25) is 14.4 Å². The van der Waals surface area contributed by atoms with Crippen molar-refractivity contribution in [3.05, 3.63) is 24.3 Å². The van der Waals surface area contributed by atoms with Gasteiger partial charge in [0.1, 0.15) is 23.8 Å². The highest BCUT2D eigenvalue weighted by atomic mass is 16.5. The fourth-order valence-electron chi connectivity index (χ4n) is 1.96. The number of hydrogen-bond acceptors (Lipinski definition) is 4. The molecule has 0 bridgehead atoms. The first-order chi connectivity index (χ1) is 9.90. The lowest BCUT2D eigenvalue weighted by molar-refractivity contribution is -0.135. The normalized spacial score (nSPS) is 22.1. The van der Waals surface area contributed by atoms with Crippen LogP contribution in [0.4, 0.5) is 5.69 Å². The highest BCUT2D eigenvalue weighted by Crippen LogP contribution is 2.28. The summed E-state index contributed by atoms with van der Waals surface area (Å²) < 4.78 is 5.67.